The number of hydrogen-bond acceptors (Lipinski definition) is 4. The second-order valence-corrected chi connectivity index (χ2v) is 6.16. The van der Waals surface area contributed by atoms with Crippen molar-refractivity contribution in [2.24, 2.45) is 0 Å². The number of aromatic nitrogens is 4. The van der Waals surface area contributed by atoms with Gasteiger partial charge in [0.2, 0.25) is 0 Å². The van der Waals surface area contributed by atoms with Crippen LogP contribution in [0.15, 0.2) is 36.7 Å². The predicted octanol–water partition coefficient (Wildman–Crippen LogP) is 3.05. The van der Waals surface area contributed by atoms with Gasteiger partial charge in [0.1, 0.15) is 11.5 Å². The first-order valence-corrected chi connectivity index (χ1v) is 7.39. The minimum Gasteiger partial charge on any atom is -0.297 e. The van der Waals surface area contributed by atoms with E-state index in [0.717, 1.165) is 16.0 Å². The summed E-state index contributed by atoms with van der Waals surface area (Å²) < 4.78 is 3.51. The SMILES string of the molecule is Cc1cn2cc(C(=O)n3c(C)nc4ccccc43)nc2s1. The molecule has 0 unspecified atom stereocenters. The largest absolute Gasteiger partial charge is 0.297 e. The highest BCUT2D eigenvalue weighted by atomic mass is 32.1. The molecule has 0 atom stereocenters. The lowest BCUT2D eigenvalue weighted by Crippen LogP contribution is -2.14. The van der Waals surface area contributed by atoms with Crippen LogP contribution in [0.4, 0.5) is 0 Å². The van der Waals surface area contributed by atoms with Gasteiger partial charge in [-0.1, -0.05) is 12.1 Å². The molecule has 4 rings (SSSR count). The molecule has 1 aromatic carbocycles. The number of rotatable bonds is 1. The quantitative estimate of drug-likeness (QED) is 0.542. The van der Waals surface area contributed by atoms with Gasteiger partial charge in [-0.05, 0) is 26.0 Å². The van der Waals surface area contributed by atoms with Gasteiger partial charge >= 0.3 is 0 Å². The van der Waals surface area contributed by atoms with Crippen LogP contribution < -0.4 is 0 Å². The Hall–Kier alpha value is -2.47. The van der Waals surface area contributed by atoms with Crippen LogP contribution in [0.3, 0.4) is 0 Å². The molecule has 0 saturated heterocycles. The molecule has 0 aliphatic rings. The molecule has 21 heavy (non-hydrogen) atoms. The summed E-state index contributed by atoms with van der Waals surface area (Å²) in [5.41, 5.74) is 2.07. The Morgan fingerprint density at radius 2 is 1.95 bits per heavy atom. The third-order valence-electron chi connectivity index (χ3n) is 3.42. The Bertz CT molecular complexity index is 960. The Balaban J connectivity index is 1.89. The van der Waals surface area contributed by atoms with E-state index in [1.165, 1.54) is 4.88 Å². The Morgan fingerprint density at radius 3 is 2.76 bits per heavy atom. The van der Waals surface area contributed by atoms with Crippen LogP contribution in [-0.2, 0) is 0 Å². The molecule has 3 heterocycles. The topological polar surface area (TPSA) is 52.2 Å². The van der Waals surface area contributed by atoms with Crippen LogP contribution in [0.5, 0.6) is 0 Å². The van der Waals surface area contributed by atoms with Crippen LogP contribution in [0.2, 0.25) is 0 Å². The van der Waals surface area contributed by atoms with Crippen LogP contribution in [-0.4, -0.2) is 24.8 Å². The molecule has 0 saturated carbocycles. The standard InChI is InChI=1S/C15H12N4OS/c1-9-7-18-8-12(17-15(18)21-9)14(20)19-10(2)16-11-5-3-4-6-13(11)19/h3-8H,1-2H3. The van der Waals surface area contributed by atoms with Gasteiger partial charge in [-0.2, -0.15) is 0 Å². The first kappa shape index (κ1) is 12.3. The number of para-hydroxylation sites is 2. The van der Waals surface area contributed by atoms with E-state index in [1.54, 1.807) is 22.1 Å². The maximum absolute atomic E-state index is 12.7. The van der Waals surface area contributed by atoms with E-state index in [0.29, 0.717) is 11.5 Å². The fourth-order valence-corrected chi connectivity index (χ4v) is 3.34. The zero-order chi connectivity index (χ0) is 14.6. The zero-order valence-electron chi connectivity index (χ0n) is 11.6. The van der Waals surface area contributed by atoms with Gasteiger partial charge in [-0.15, -0.1) is 11.3 Å². The molecule has 5 nitrogen and oxygen atoms in total. The van der Waals surface area contributed by atoms with Crippen molar-refractivity contribution in [3.05, 3.63) is 53.1 Å². The average molecular weight is 296 g/mol. The molecule has 4 aromatic rings. The number of carbonyl (C=O) groups excluding carboxylic acids is 1. The molecule has 104 valence electrons. The molecule has 0 bridgehead atoms. The fourth-order valence-electron chi connectivity index (χ4n) is 2.53. The lowest BCUT2D eigenvalue weighted by molar-refractivity contribution is 0.0958. The van der Waals surface area contributed by atoms with Gasteiger partial charge in [-0.25, -0.2) is 9.97 Å². The summed E-state index contributed by atoms with van der Waals surface area (Å²) >= 11 is 1.57. The second kappa shape index (κ2) is 4.26. The van der Waals surface area contributed by atoms with E-state index in [-0.39, 0.29) is 5.91 Å². The molecule has 0 fully saturated rings. The first-order chi connectivity index (χ1) is 10.1. The summed E-state index contributed by atoms with van der Waals surface area (Å²) in [5, 5.41) is 0. The van der Waals surface area contributed by atoms with Crippen molar-refractivity contribution in [2.75, 3.05) is 0 Å². The number of thiazole rings is 1. The van der Waals surface area contributed by atoms with Crippen molar-refractivity contribution in [1.82, 2.24) is 18.9 Å². The third kappa shape index (κ3) is 1.80. The number of carbonyl (C=O) groups is 1. The molecule has 0 aliphatic heterocycles. The minimum absolute atomic E-state index is 0.144. The predicted molar refractivity (Wildman–Crippen MR) is 82.0 cm³/mol. The first-order valence-electron chi connectivity index (χ1n) is 6.57. The van der Waals surface area contributed by atoms with Crippen molar-refractivity contribution in [3.63, 3.8) is 0 Å². The number of hydrogen-bond donors (Lipinski definition) is 0. The lowest BCUT2D eigenvalue weighted by Gasteiger charge is -2.02. The summed E-state index contributed by atoms with van der Waals surface area (Å²) in [6, 6.07) is 7.62. The van der Waals surface area contributed by atoms with Gasteiger partial charge < -0.3 is 0 Å². The summed E-state index contributed by atoms with van der Waals surface area (Å²) in [4.78, 5) is 23.6. The molecular weight excluding hydrogens is 284 g/mol. The lowest BCUT2D eigenvalue weighted by atomic mass is 10.3. The number of benzene rings is 1. The van der Waals surface area contributed by atoms with Crippen molar-refractivity contribution < 1.29 is 4.79 Å². The van der Waals surface area contributed by atoms with E-state index >= 15 is 0 Å². The monoisotopic (exact) mass is 296 g/mol. The number of nitrogens with zero attached hydrogens (tertiary/aromatic N) is 4. The maximum atomic E-state index is 12.7. The highest BCUT2D eigenvalue weighted by Crippen LogP contribution is 2.20. The molecule has 0 aliphatic carbocycles. The fraction of sp³-hybridized carbons (Fsp3) is 0.133. The van der Waals surface area contributed by atoms with Crippen molar-refractivity contribution in [1.29, 1.82) is 0 Å². The molecule has 0 radical (unpaired) electrons. The highest BCUT2D eigenvalue weighted by molar-refractivity contribution is 7.17. The number of imidazole rings is 2. The van der Waals surface area contributed by atoms with Crippen LogP contribution >= 0.6 is 11.3 Å². The van der Waals surface area contributed by atoms with Gasteiger partial charge in [0.25, 0.3) is 5.91 Å². The molecule has 0 amide bonds. The van der Waals surface area contributed by atoms with Crippen molar-refractivity contribution in [3.8, 4) is 0 Å². The van der Waals surface area contributed by atoms with E-state index in [2.05, 4.69) is 9.97 Å². The van der Waals surface area contributed by atoms with Gasteiger partial charge in [0.15, 0.2) is 4.96 Å². The maximum Gasteiger partial charge on any atom is 0.284 e. The Morgan fingerprint density at radius 1 is 1.14 bits per heavy atom. The number of fused-ring (bicyclic) bond motifs is 2. The third-order valence-corrected chi connectivity index (χ3v) is 4.33. The van der Waals surface area contributed by atoms with Crippen LogP contribution in [0.25, 0.3) is 16.0 Å². The van der Waals surface area contributed by atoms with Crippen LogP contribution in [0.1, 0.15) is 21.2 Å². The van der Waals surface area contributed by atoms with Gasteiger partial charge in [0.05, 0.1) is 11.0 Å². The highest BCUT2D eigenvalue weighted by Gasteiger charge is 2.19. The number of aryl methyl sites for hydroxylation is 2. The summed E-state index contributed by atoms with van der Waals surface area (Å²) in [6.45, 7) is 3.86. The molecule has 3 aromatic heterocycles. The Kier molecular flexibility index (Phi) is 2.49. The van der Waals surface area contributed by atoms with E-state index in [9.17, 15) is 4.79 Å². The van der Waals surface area contributed by atoms with Crippen molar-refractivity contribution >= 4 is 33.2 Å². The van der Waals surface area contributed by atoms with Crippen molar-refractivity contribution in [2.45, 2.75) is 13.8 Å². The molecule has 0 N–H and O–H groups in total. The van der Waals surface area contributed by atoms with E-state index < -0.39 is 0 Å². The normalized spacial score (nSPS) is 11.5. The molecule has 0 spiro atoms. The van der Waals surface area contributed by atoms with E-state index in [4.69, 9.17) is 0 Å². The van der Waals surface area contributed by atoms with Gasteiger partial charge in [-0.3, -0.25) is 13.8 Å². The molecular formula is C15H12N4OS. The average Bonchev–Trinajstić information content (AvgIpc) is 3.07. The van der Waals surface area contributed by atoms with Crippen LogP contribution in [0, 0.1) is 13.8 Å². The molecule has 6 heteroatoms. The summed E-state index contributed by atoms with van der Waals surface area (Å²) in [5.74, 6) is 0.531. The van der Waals surface area contributed by atoms with E-state index in [1.807, 2.05) is 48.7 Å². The minimum atomic E-state index is -0.144. The summed E-state index contributed by atoms with van der Waals surface area (Å²) in [7, 11) is 0. The smallest absolute Gasteiger partial charge is 0.284 e. The Labute approximate surface area is 124 Å². The zero-order valence-corrected chi connectivity index (χ0v) is 12.4. The van der Waals surface area contributed by atoms with Gasteiger partial charge in [0, 0.05) is 17.3 Å². The summed E-state index contributed by atoms with van der Waals surface area (Å²) in [6.07, 6.45) is 3.75. The second-order valence-electron chi connectivity index (χ2n) is 4.95.